The van der Waals surface area contributed by atoms with Crippen LogP contribution >= 0.6 is 0 Å². The van der Waals surface area contributed by atoms with Crippen LogP contribution in [0.4, 0.5) is 22.7 Å². The molecular weight excluding hydrogens is 282 g/mol. The first kappa shape index (κ1) is 15.1. The average molecular weight is 297 g/mol. The predicted octanol–water partition coefficient (Wildman–Crippen LogP) is 3.16. The minimum atomic E-state index is 0.338. The van der Waals surface area contributed by atoms with Crippen LogP contribution in [0.15, 0.2) is 40.6 Å². The average Bonchev–Trinajstić information content (AvgIpc) is 2.53. The Morgan fingerprint density at radius 2 is 1.64 bits per heavy atom. The molecule has 0 fully saturated rings. The number of methoxy groups -OCH3 is 2. The summed E-state index contributed by atoms with van der Waals surface area (Å²) < 4.78 is 10.4. The molecule has 2 rings (SSSR count). The number of nitrogens with zero attached hydrogens (tertiary/aromatic N) is 3. The van der Waals surface area contributed by atoms with Gasteiger partial charge in [0, 0.05) is 17.8 Å². The minimum Gasteiger partial charge on any atom is -0.495 e. The molecule has 0 radical (unpaired) electrons. The summed E-state index contributed by atoms with van der Waals surface area (Å²) in [5.74, 6) is 0.920. The quantitative estimate of drug-likeness (QED) is 0.663. The highest BCUT2D eigenvalue weighted by atomic mass is 16.5. The summed E-state index contributed by atoms with van der Waals surface area (Å²) in [5.41, 5.74) is 13.6. The van der Waals surface area contributed by atoms with Gasteiger partial charge in [0.05, 0.1) is 25.5 Å². The van der Waals surface area contributed by atoms with E-state index < -0.39 is 0 Å². The van der Waals surface area contributed by atoms with Crippen molar-refractivity contribution < 1.29 is 9.47 Å². The van der Waals surface area contributed by atoms with E-state index in [9.17, 15) is 0 Å². The van der Waals surface area contributed by atoms with Crippen molar-refractivity contribution in [2.45, 2.75) is 0 Å². The molecule has 0 heterocycles. The molecule has 0 aliphatic carbocycles. The molecule has 2 aromatic rings. The Morgan fingerprint density at radius 1 is 0.955 bits per heavy atom. The van der Waals surface area contributed by atoms with Gasteiger partial charge in [0.25, 0.3) is 0 Å². The molecule has 0 amide bonds. The van der Waals surface area contributed by atoms with Gasteiger partial charge in [-0.1, -0.05) is 0 Å². The molecule has 2 aromatic carbocycles. The van der Waals surface area contributed by atoms with E-state index in [4.69, 9.17) is 26.2 Å². The highest BCUT2D eigenvalue weighted by Crippen LogP contribution is 2.37. The summed E-state index contributed by atoms with van der Waals surface area (Å²) in [5, 5.41) is 17.3. The maximum Gasteiger partial charge on any atom is 0.148 e. The number of benzene rings is 2. The van der Waals surface area contributed by atoms with Crippen LogP contribution in [0, 0.1) is 11.3 Å². The summed E-state index contributed by atoms with van der Waals surface area (Å²) in [4.78, 5) is 0. The van der Waals surface area contributed by atoms with Crippen LogP contribution in [0.2, 0.25) is 0 Å². The van der Waals surface area contributed by atoms with E-state index in [-0.39, 0.29) is 0 Å². The van der Waals surface area contributed by atoms with Crippen LogP contribution in [0.25, 0.3) is 0 Å². The van der Waals surface area contributed by atoms with Crippen LogP contribution in [0.1, 0.15) is 5.56 Å². The number of nitrogens with two attached hydrogens (primary N) is 2. The standard InChI is InChI=1S/C15H15N5O2/c1-21-14-7-13(15(22-2)6-11(14)18)20-19-12-4-3-10(17)5-9(12)8-16/h3-7H,17-18H2,1-2H3/b20-19+. The lowest BCUT2D eigenvalue weighted by molar-refractivity contribution is 0.406. The fourth-order valence-corrected chi connectivity index (χ4v) is 1.82. The first-order chi connectivity index (χ1) is 10.6. The van der Waals surface area contributed by atoms with Gasteiger partial charge in [-0.3, -0.25) is 0 Å². The summed E-state index contributed by atoms with van der Waals surface area (Å²) in [6.07, 6.45) is 0. The lowest BCUT2D eigenvalue weighted by Gasteiger charge is -2.09. The molecular formula is C15H15N5O2. The fraction of sp³-hybridized carbons (Fsp3) is 0.133. The Balaban J connectivity index is 2.44. The zero-order valence-electron chi connectivity index (χ0n) is 12.2. The number of ether oxygens (including phenoxy) is 2. The summed E-state index contributed by atoms with van der Waals surface area (Å²) in [6.45, 7) is 0. The molecule has 4 N–H and O–H groups in total. The third kappa shape index (κ3) is 3.07. The topological polar surface area (TPSA) is 119 Å². The molecule has 7 nitrogen and oxygen atoms in total. The Morgan fingerprint density at radius 3 is 2.27 bits per heavy atom. The van der Waals surface area contributed by atoms with Gasteiger partial charge in [-0.15, -0.1) is 10.2 Å². The zero-order valence-corrected chi connectivity index (χ0v) is 12.2. The van der Waals surface area contributed by atoms with E-state index in [2.05, 4.69) is 10.2 Å². The van der Waals surface area contributed by atoms with E-state index in [1.54, 1.807) is 24.3 Å². The summed E-state index contributed by atoms with van der Waals surface area (Å²) in [6, 6.07) is 10.0. The van der Waals surface area contributed by atoms with E-state index >= 15 is 0 Å². The van der Waals surface area contributed by atoms with Gasteiger partial charge in [-0.25, -0.2) is 0 Å². The molecule has 112 valence electrons. The second-order valence-electron chi connectivity index (χ2n) is 4.35. The second-order valence-corrected chi connectivity index (χ2v) is 4.35. The number of nitrogen functional groups attached to an aromatic ring is 2. The van der Waals surface area contributed by atoms with Gasteiger partial charge in [0.15, 0.2) is 0 Å². The zero-order chi connectivity index (χ0) is 16.1. The van der Waals surface area contributed by atoms with Gasteiger partial charge in [0.2, 0.25) is 0 Å². The Kier molecular flexibility index (Phi) is 4.44. The van der Waals surface area contributed by atoms with Crippen molar-refractivity contribution in [2.24, 2.45) is 10.2 Å². The summed E-state index contributed by atoms with van der Waals surface area (Å²) >= 11 is 0. The molecule has 0 bridgehead atoms. The maximum atomic E-state index is 9.09. The SMILES string of the molecule is COc1cc(/N=N/c2ccc(N)cc2C#N)c(OC)cc1N. The van der Waals surface area contributed by atoms with Crippen LogP contribution in [-0.2, 0) is 0 Å². The van der Waals surface area contributed by atoms with Gasteiger partial charge in [0.1, 0.15) is 28.9 Å². The van der Waals surface area contributed by atoms with Crippen molar-refractivity contribution in [2.75, 3.05) is 25.7 Å². The van der Waals surface area contributed by atoms with Crippen LogP contribution in [0.5, 0.6) is 11.5 Å². The first-order valence-corrected chi connectivity index (χ1v) is 6.32. The van der Waals surface area contributed by atoms with Gasteiger partial charge in [-0.05, 0) is 18.2 Å². The molecule has 0 saturated heterocycles. The lowest BCUT2D eigenvalue weighted by Crippen LogP contribution is -1.94. The molecule has 0 spiro atoms. The summed E-state index contributed by atoms with van der Waals surface area (Å²) in [7, 11) is 3.01. The normalized spacial score (nSPS) is 10.4. The second kappa shape index (κ2) is 6.45. The van der Waals surface area contributed by atoms with Crippen LogP contribution in [0.3, 0.4) is 0 Å². The van der Waals surface area contributed by atoms with Crippen LogP contribution in [-0.4, -0.2) is 14.2 Å². The van der Waals surface area contributed by atoms with Crippen molar-refractivity contribution in [3.8, 4) is 17.6 Å². The van der Waals surface area contributed by atoms with Gasteiger partial charge in [-0.2, -0.15) is 5.26 Å². The van der Waals surface area contributed by atoms with Gasteiger partial charge < -0.3 is 20.9 Å². The van der Waals surface area contributed by atoms with E-state index in [0.717, 1.165) is 0 Å². The smallest absolute Gasteiger partial charge is 0.148 e. The molecule has 0 unspecified atom stereocenters. The van der Waals surface area contributed by atoms with Crippen molar-refractivity contribution in [1.82, 2.24) is 0 Å². The Bertz CT molecular complexity index is 765. The number of nitriles is 1. The Labute approximate surface area is 127 Å². The predicted molar refractivity (Wildman–Crippen MR) is 83.7 cm³/mol. The largest absolute Gasteiger partial charge is 0.495 e. The van der Waals surface area contributed by atoms with E-state index in [1.165, 1.54) is 20.3 Å². The molecule has 0 atom stereocenters. The number of azo groups is 1. The highest BCUT2D eigenvalue weighted by Gasteiger charge is 2.09. The van der Waals surface area contributed by atoms with Crippen molar-refractivity contribution in [3.05, 3.63) is 35.9 Å². The van der Waals surface area contributed by atoms with Gasteiger partial charge >= 0.3 is 0 Å². The number of anilines is 2. The van der Waals surface area contributed by atoms with Crippen molar-refractivity contribution >= 4 is 22.7 Å². The molecule has 7 heteroatoms. The maximum absolute atomic E-state index is 9.09. The fourth-order valence-electron chi connectivity index (χ4n) is 1.82. The number of hydrogen-bond donors (Lipinski definition) is 2. The minimum absolute atomic E-state index is 0.338. The molecule has 0 aliphatic rings. The van der Waals surface area contributed by atoms with Crippen molar-refractivity contribution in [3.63, 3.8) is 0 Å². The molecule has 22 heavy (non-hydrogen) atoms. The van der Waals surface area contributed by atoms with Crippen LogP contribution < -0.4 is 20.9 Å². The molecule has 0 aliphatic heterocycles. The lowest BCUT2D eigenvalue weighted by atomic mass is 10.2. The molecule has 0 saturated carbocycles. The third-order valence-electron chi connectivity index (χ3n) is 2.94. The highest BCUT2D eigenvalue weighted by molar-refractivity contribution is 5.67. The monoisotopic (exact) mass is 297 g/mol. The Hall–Kier alpha value is -3.27. The number of hydrogen-bond acceptors (Lipinski definition) is 7. The van der Waals surface area contributed by atoms with Crippen molar-refractivity contribution in [1.29, 1.82) is 5.26 Å². The van der Waals surface area contributed by atoms with E-state index in [1.807, 2.05) is 6.07 Å². The third-order valence-corrected chi connectivity index (χ3v) is 2.94. The van der Waals surface area contributed by atoms with E-state index in [0.29, 0.717) is 39.8 Å². The first-order valence-electron chi connectivity index (χ1n) is 6.32. The number of rotatable bonds is 4. The molecule has 0 aromatic heterocycles.